The Kier molecular flexibility index (Phi) is 5.44. The summed E-state index contributed by atoms with van der Waals surface area (Å²) in [6, 6.07) is 9.97. The number of methoxy groups -OCH3 is 1. The lowest BCUT2D eigenvalue weighted by Crippen LogP contribution is -2.20. The number of ether oxygens (including phenoxy) is 1. The summed E-state index contributed by atoms with van der Waals surface area (Å²) < 4.78 is 6.77. The normalized spacial score (nSPS) is 12.1. The number of hydrogen-bond acceptors (Lipinski definition) is 3. The lowest BCUT2D eigenvalue weighted by atomic mass is 9.95. The van der Waals surface area contributed by atoms with Gasteiger partial charge in [-0.2, -0.15) is 0 Å². The first-order valence-corrected chi connectivity index (χ1v) is 9.11. The molecule has 0 aliphatic heterocycles. The largest absolute Gasteiger partial charge is 0.495 e. The van der Waals surface area contributed by atoms with Crippen LogP contribution in [0.15, 0.2) is 42.6 Å². The number of fused-ring (bicyclic) bond motifs is 1. The first kappa shape index (κ1) is 19.3. The van der Waals surface area contributed by atoms with Crippen molar-refractivity contribution in [3.63, 3.8) is 0 Å². The summed E-state index contributed by atoms with van der Waals surface area (Å²) in [4.78, 5) is 25.0. The van der Waals surface area contributed by atoms with Crippen LogP contribution in [0.3, 0.4) is 0 Å². The predicted molar refractivity (Wildman–Crippen MR) is 107 cm³/mol. The van der Waals surface area contributed by atoms with Gasteiger partial charge in [-0.25, -0.2) is 0 Å². The summed E-state index contributed by atoms with van der Waals surface area (Å²) >= 11 is 12.2. The van der Waals surface area contributed by atoms with E-state index in [-0.39, 0.29) is 5.91 Å². The lowest BCUT2D eigenvalue weighted by molar-refractivity contribution is -0.119. The molecule has 27 heavy (non-hydrogen) atoms. The van der Waals surface area contributed by atoms with Crippen LogP contribution in [-0.4, -0.2) is 23.5 Å². The molecule has 3 aromatic rings. The zero-order chi connectivity index (χ0) is 19.7. The van der Waals surface area contributed by atoms with Crippen LogP contribution in [0.4, 0.5) is 0 Å². The third kappa shape index (κ3) is 3.53. The smallest absolute Gasteiger partial charge is 0.262 e. The van der Waals surface area contributed by atoms with Gasteiger partial charge in [0, 0.05) is 22.2 Å². The molecule has 0 fully saturated rings. The minimum absolute atomic E-state index is 0.261. The molecule has 7 heteroatoms. The fraction of sp³-hybridized carbons (Fsp3) is 0.200. The van der Waals surface area contributed by atoms with Crippen LogP contribution in [0, 0.1) is 0 Å². The number of halogens is 2. The van der Waals surface area contributed by atoms with E-state index in [9.17, 15) is 9.59 Å². The number of carbonyl (C=O) groups is 2. The van der Waals surface area contributed by atoms with E-state index in [2.05, 4.69) is 0 Å². The van der Waals surface area contributed by atoms with Gasteiger partial charge in [0.15, 0.2) is 0 Å². The zero-order valence-corrected chi connectivity index (χ0v) is 16.3. The third-order valence-corrected chi connectivity index (χ3v) is 5.09. The minimum atomic E-state index is -0.530. The molecule has 0 aliphatic rings. The van der Waals surface area contributed by atoms with Crippen LogP contribution >= 0.6 is 23.2 Å². The number of benzene rings is 2. The highest BCUT2D eigenvalue weighted by molar-refractivity contribution is 6.33. The maximum atomic E-state index is 13.1. The molecule has 0 saturated heterocycles. The van der Waals surface area contributed by atoms with Crippen molar-refractivity contribution in [1.29, 1.82) is 0 Å². The fourth-order valence-electron chi connectivity index (χ4n) is 3.16. The predicted octanol–water partition coefficient (Wildman–Crippen LogP) is 4.62. The molecule has 1 aromatic heterocycles. The monoisotopic (exact) mass is 404 g/mol. The molecule has 0 bridgehead atoms. The number of amides is 1. The maximum Gasteiger partial charge on any atom is 0.262 e. The molecule has 0 radical (unpaired) electrons. The number of primary amides is 1. The van der Waals surface area contributed by atoms with Crippen molar-refractivity contribution in [3.8, 4) is 5.75 Å². The average Bonchev–Trinajstić information content (AvgIpc) is 2.99. The van der Waals surface area contributed by atoms with Crippen LogP contribution in [0.2, 0.25) is 10.0 Å². The van der Waals surface area contributed by atoms with Crippen molar-refractivity contribution >= 4 is 45.9 Å². The van der Waals surface area contributed by atoms with Gasteiger partial charge < -0.3 is 10.5 Å². The second-order valence-corrected chi connectivity index (χ2v) is 6.98. The van der Waals surface area contributed by atoms with E-state index < -0.39 is 11.8 Å². The van der Waals surface area contributed by atoms with Crippen molar-refractivity contribution < 1.29 is 14.3 Å². The number of hydrogen-bond donors (Lipinski definition) is 1. The molecule has 0 aliphatic carbocycles. The summed E-state index contributed by atoms with van der Waals surface area (Å²) in [6.45, 7) is 1.87. The molecule has 140 valence electrons. The van der Waals surface area contributed by atoms with Gasteiger partial charge in [-0.3, -0.25) is 14.2 Å². The molecule has 5 nitrogen and oxygen atoms in total. The fourth-order valence-corrected chi connectivity index (χ4v) is 3.52. The summed E-state index contributed by atoms with van der Waals surface area (Å²) in [5.74, 6) is -0.785. The molecular weight excluding hydrogens is 387 g/mol. The number of aromatic nitrogens is 1. The van der Waals surface area contributed by atoms with Crippen molar-refractivity contribution in [3.05, 3.63) is 63.8 Å². The van der Waals surface area contributed by atoms with Gasteiger partial charge in [-0.15, -0.1) is 0 Å². The van der Waals surface area contributed by atoms with Crippen LogP contribution in [-0.2, 0) is 4.79 Å². The molecule has 1 amide bonds. The summed E-state index contributed by atoms with van der Waals surface area (Å²) in [5, 5.41) is 1.60. The van der Waals surface area contributed by atoms with Gasteiger partial charge in [-0.05, 0) is 48.4 Å². The number of carbonyl (C=O) groups excluding carboxylic acids is 2. The van der Waals surface area contributed by atoms with E-state index in [4.69, 9.17) is 33.7 Å². The molecule has 2 aromatic carbocycles. The minimum Gasteiger partial charge on any atom is -0.495 e. The Balaban J connectivity index is 2.26. The zero-order valence-electron chi connectivity index (χ0n) is 14.8. The second kappa shape index (κ2) is 7.62. The molecule has 2 N–H and O–H groups in total. The lowest BCUT2D eigenvalue weighted by Gasteiger charge is -2.10. The summed E-state index contributed by atoms with van der Waals surface area (Å²) in [5.41, 5.74) is 7.28. The van der Waals surface area contributed by atoms with Gasteiger partial charge >= 0.3 is 0 Å². The molecule has 0 saturated carbocycles. The Morgan fingerprint density at radius 2 is 1.85 bits per heavy atom. The Bertz CT molecular complexity index is 1030. The standard InChI is InChI=1S/C20H18Cl2N2O3/c1-3-13(19(23)25)15-10-24(20(26)11-4-6-12(21)7-5-11)17-9-16(22)18(27-2)8-14(15)17/h4-10,13H,3H2,1-2H3,(H2,23,25). The van der Waals surface area contributed by atoms with Crippen LogP contribution in [0.25, 0.3) is 10.9 Å². The number of nitrogens with two attached hydrogens (primary N) is 1. The van der Waals surface area contributed by atoms with E-state index in [1.807, 2.05) is 6.92 Å². The number of rotatable bonds is 5. The molecule has 1 unspecified atom stereocenters. The SMILES string of the molecule is CCC(C(N)=O)c1cn(C(=O)c2ccc(Cl)cc2)c2cc(Cl)c(OC)cc12. The Morgan fingerprint density at radius 3 is 2.41 bits per heavy atom. The van der Waals surface area contributed by atoms with E-state index in [0.29, 0.717) is 44.2 Å². The van der Waals surface area contributed by atoms with Crippen LogP contribution in [0.1, 0.15) is 35.2 Å². The van der Waals surface area contributed by atoms with E-state index >= 15 is 0 Å². The summed E-state index contributed by atoms with van der Waals surface area (Å²) in [6.07, 6.45) is 2.16. The highest BCUT2D eigenvalue weighted by Crippen LogP contribution is 2.36. The maximum absolute atomic E-state index is 13.1. The quantitative estimate of drug-likeness (QED) is 0.673. The highest BCUT2D eigenvalue weighted by atomic mass is 35.5. The molecule has 0 spiro atoms. The highest BCUT2D eigenvalue weighted by Gasteiger charge is 2.24. The van der Waals surface area contributed by atoms with Crippen molar-refractivity contribution in [1.82, 2.24) is 4.57 Å². The Hall–Kier alpha value is -2.50. The van der Waals surface area contributed by atoms with Gasteiger partial charge in [0.1, 0.15) is 5.75 Å². The summed E-state index contributed by atoms with van der Waals surface area (Å²) in [7, 11) is 1.51. The second-order valence-electron chi connectivity index (χ2n) is 6.13. The van der Waals surface area contributed by atoms with Gasteiger partial charge in [0.25, 0.3) is 5.91 Å². The van der Waals surface area contributed by atoms with Crippen LogP contribution < -0.4 is 10.5 Å². The topological polar surface area (TPSA) is 74.3 Å². The van der Waals surface area contributed by atoms with E-state index in [0.717, 1.165) is 0 Å². The third-order valence-electron chi connectivity index (χ3n) is 4.55. The number of nitrogens with zero attached hydrogens (tertiary/aromatic N) is 1. The Morgan fingerprint density at radius 1 is 1.19 bits per heavy atom. The van der Waals surface area contributed by atoms with Gasteiger partial charge in [0.2, 0.25) is 5.91 Å². The first-order chi connectivity index (χ1) is 12.9. The van der Waals surface area contributed by atoms with Crippen LogP contribution in [0.5, 0.6) is 5.75 Å². The van der Waals surface area contributed by atoms with E-state index in [1.54, 1.807) is 42.6 Å². The molecular formula is C20H18Cl2N2O3. The van der Waals surface area contributed by atoms with Crippen molar-refractivity contribution in [2.75, 3.05) is 7.11 Å². The van der Waals surface area contributed by atoms with Crippen molar-refractivity contribution in [2.24, 2.45) is 5.73 Å². The van der Waals surface area contributed by atoms with Gasteiger partial charge in [-0.1, -0.05) is 30.1 Å². The first-order valence-electron chi connectivity index (χ1n) is 8.35. The molecule has 1 atom stereocenters. The van der Waals surface area contributed by atoms with Gasteiger partial charge in [0.05, 0.1) is 23.6 Å². The van der Waals surface area contributed by atoms with Crippen molar-refractivity contribution in [2.45, 2.75) is 19.3 Å². The molecule has 1 heterocycles. The molecule has 3 rings (SSSR count). The average molecular weight is 405 g/mol. The van der Waals surface area contributed by atoms with E-state index in [1.165, 1.54) is 11.7 Å². The Labute approximate surface area is 166 Å².